The van der Waals surface area contributed by atoms with E-state index in [1.165, 1.54) is 200 Å². The fourth-order valence-electron chi connectivity index (χ4n) is 16.8. The summed E-state index contributed by atoms with van der Waals surface area (Å²) in [6.07, 6.45) is 0. The highest BCUT2D eigenvalue weighted by molar-refractivity contribution is 5.80. The monoisotopic (exact) mass is 1800 g/mol. The Morgan fingerprint density at radius 2 is 0.243 bits per heavy atom. The second kappa shape index (κ2) is 51.0. The van der Waals surface area contributed by atoms with Crippen molar-refractivity contribution < 1.29 is 0 Å². The Labute approximate surface area is 832 Å². The van der Waals surface area contributed by atoms with Gasteiger partial charge in [0.1, 0.15) is 0 Å². The Bertz CT molecular complexity index is 7400. The average molecular weight is 1800 g/mol. The summed E-state index contributed by atoms with van der Waals surface area (Å²) in [6, 6.07) is 205. The minimum Gasteiger partial charge on any atom is -0.0622 e. The van der Waals surface area contributed by atoms with Gasteiger partial charge in [-0.2, -0.15) is 0 Å². The largest absolute Gasteiger partial charge is 0.0622 e. The minimum absolute atomic E-state index is 1.26. The van der Waals surface area contributed by atoms with E-state index in [0.29, 0.717) is 0 Å². The van der Waals surface area contributed by atoms with Crippen molar-refractivity contribution in [1.82, 2.24) is 0 Å². The first-order chi connectivity index (χ1) is 68.7. The summed E-state index contributed by atoms with van der Waals surface area (Å²) in [4.78, 5) is 0. The van der Waals surface area contributed by atoms with Crippen LogP contribution in [0, 0.1) is 55.4 Å². The fraction of sp³-hybridized carbons (Fsp3) is 0.0571. The van der Waals surface area contributed by atoms with Gasteiger partial charge >= 0.3 is 0 Å². The predicted molar refractivity (Wildman–Crippen MR) is 606 cm³/mol. The molecule has 0 saturated carbocycles. The standard InChI is InChI=1S/6C19H16.2C13H12/c1-15-12-18(16-8-4-2-5-9-16)14-19(13-15)17-10-6-3-7-11-17;1-15-14-18(16-8-4-2-5-9-16)12-13-19(15)17-10-6-3-7-11-17;1-15-7-5-10-17(13-15)19-12-6-11-18(14-19)16-8-3-2-4-9-16;1-15-6-5-9-19(14-15)18-12-10-17(11-13-18)16-7-3-2-4-8-16;1-15-10-12-17(13-11-15)19-9-5-8-18(14-19)16-6-3-2-4-7-16;1-15-7-9-17(10-8-15)19-13-11-18(12-14-19)16-5-3-2-4-6-16;1-11-7-5-6-10-13(11)12-8-3-2-4-9-12;1-11-7-9-13(10-8-11)12-5-3-2-4-6-12/h6*2-14H,1H3;2*2-10H,1H3. The molecule has 0 aromatic heterocycles. The van der Waals surface area contributed by atoms with Crippen LogP contribution in [0.1, 0.15) is 44.5 Å². The van der Waals surface area contributed by atoms with Gasteiger partial charge in [0, 0.05) is 0 Å². The van der Waals surface area contributed by atoms with Crippen molar-refractivity contribution in [1.29, 1.82) is 0 Å². The summed E-state index contributed by atoms with van der Waals surface area (Å²) in [7, 11) is 0. The van der Waals surface area contributed by atoms with Crippen molar-refractivity contribution >= 4 is 0 Å². The quantitative estimate of drug-likeness (QED) is 0.102. The van der Waals surface area contributed by atoms with E-state index in [-0.39, 0.29) is 0 Å². The highest BCUT2D eigenvalue weighted by atomic mass is 14.2. The highest BCUT2D eigenvalue weighted by Gasteiger charge is 2.11. The number of aryl methyl sites for hydroxylation is 8. The van der Waals surface area contributed by atoms with Gasteiger partial charge < -0.3 is 0 Å². The molecule has 0 nitrogen and oxygen atoms in total. The summed E-state index contributed by atoms with van der Waals surface area (Å²) in [5.41, 5.74) is 46.1. The Hall–Kier alpha value is -17.2. The molecule has 0 amide bonds. The third-order valence-corrected chi connectivity index (χ3v) is 24.5. The number of hydrogen-bond donors (Lipinski definition) is 0. The van der Waals surface area contributed by atoms with Crippen molar-refractivity contribution in [3.8, 4) is 156 Å². The van der Waals surface area contributed by atoms with Gasteiger partial charge in [-0.15, -0.1) is 0 Å². The van der Waals surface area contributed by atoms with Crippen LogP contribution in [0.3, 0.4) is 0 Å². The van der Waals surface area contributed by atoms with E-state index >= 15 is 0 Å². The van der Waals surface area contributed by atoms with Gasteiger partial charge in [-0.3, -0.25) is 0 Å². The molecule has 22 rings (SSSR count). The van der Waals surface area contributed by atoms with Gasteiger partial charge in [0.25, 0.3) is 0 Å². The summed E-state index contributed by atoms with van der Waals surface area (Å²) in [5.74, 6) is 0. The first kappa shape index (κ1) is 97.4. The summed E-state index contributed by atoms with van der Waals surface area (Å²) in [5, 5.41) is 0. The van der Waals surface area contributed by atoms with E-state index in [0.717, 1.165) is 0 Å². The third kappa shape index (κ3) is 29.0. The molecule has 22 aromatic rings. The lowest BCUT2D eigenvalue weighted by Gasteiger charge is -2.09. The van der Waals surface area contributed by atoms with Crippen LogP contribution in [0.5, 0.6) is 0 Å². The van der Waals surface area contributed by atoms with Gasteiger partial charge in [0.05, 0.1) is 0 Å². The first-order valence-corrected chi connectivity index (χ1v) is 48.3. The lowest BCUT2D eigenvalue weighted by atomic mass is 9.96. The van der Waals surface area contributed by atoms with E-state index in [9.17, 15) is 0 Å². The zero-order valence-corrected chi connectivity index (χ0v) is 81.4. The van der Waals surface area contributed by atoms with Gasteiger partial charge in [0.15, 0.2) is 0 Å². The zero-order chi connectivity index (χ0) is 96.7. The van der Waals surface area contributed by atoms with Gasteiger partial charge in [-0.1, -0.05) is 592 Å². The molecule has 0 unspecified atom stereocenters. The maximum Gasteiger partial charge on any atom is -0.0154 e. The normalized spacial score (nSPS) is 10.3. The predicted octanol–water partition coefficient (Wildman–Crippen LogP) is 39.3. The van der Waals surface area contributed by atoms with Crippen molar-refractivity contribution in [2.75, 3.05) is 0 Å². The molecule has 0 N–H and O–H groups in total. The maximum absolute atomic E-state index is 2.26. The zero-order valence-electron chi connectivity index (χ0n) is 81.4. The van der Waals surface area contributed by atoms with E-state index < -0.39 is 0 Å². The first-order valence-electron chi connectivity index (χ1n) is 48.3. The van der Waals surface area contributed by atoms with E-state index in [1.807, 2.05) is 36.4 Å². The Kier molecular flexibility index (Phi) is 35.5. The molecule has 22 aromatic carbocycles. The molecule has 0 saturated heterocycles. The molecule has 0 fully saturated rings. The van der Waals surface area contributed by atoms with Crippen LogP contribution in [0.25, 0.3) is 156 Å². The Morgan fingerprint density at radius 3 is 0.514 bits per heavy atom. The summed E-state index contributed by atoms with van der Waals surface area (Å²) < 4.78 is 0. The van der Waals surface area contributed by atoms with Crippen molar-refractivity contribution in [2.24, 2.45) is 0 Å². The van der Waals surface area contributed by atoms with Crippen LogP contribution >= 0.6 is 0 Å². The summed E-state index contributed by atoms with van der Waals surface area (Å²) >= 11 is 0. The molecule has 680 valence electrons. The second-order valence-corrected chi connectivity index (χ2v) is 35.2. The number of rotatable bonds is 14. The van der Waals surface area contributed by atoms with Crippen LogP contribution in [0.15, 0.2) is 582 Å². The van der Waals surface area contributed by atoms with E-state index in [4.69, 9.17) is 0 Å². The van der Waals surface area contributed by atoms with Crippen LogP contribution in [0.2, 0.25) is 0 Å². The van der Waals surface area contributed by atoms with Gasteiger partial charge in [-0.25, -0.2) is 0 Å². The number of hydrogen-bond acceptors (Lipinski definition) is 0. The lowest BCUT2D eigenvalue weighted by molar-refractivity contribution is 1.45. The molecule has 0 bridgehead atoms. The highest BCUT2D eigenvalue weighted by Crippen LogP contribution is 2.35. The van der Waals surface area contributed by atoms with Crippen molar-refractivity contribution in [3.05, 3.63) is 627 Å². The molecule has 0 aliphatic heterocycles. The fourth-order valence-corrected chi connectivity index (χ4v) is 16.8. The maximum atomic E-state index is 2.26. The molecular formula is C140H120. The molecule has 0 heteroatoms. The molecule has 0 aliphatic carbocycles. The molecule has 0 atom stereocenters. The van der Waals surface area contributed by atoms with Crippen LogP contribution < -0.4 is 0 Å². The smallest absolute Gasteiger partial charge is 0.0154 e. The summed E-state index contributed by atoms with van der Waals surface area (Å²) in [6.45, 7) is 17.1. The molecule has 0 heterocycles. The Morgan fingerprint density at radius 1 is 0.0786 bits per heavy atom. The molecular weight excluding hydrogens is 1680 g/mol. The molecule has 140 heavy (non-hydrogen) atoms. The van der Waals surface area contributed by atoms with Crippen LogP contribution in [-0.2, 0) is 0 Å². The SMILES string of the molecule is Cc1cc(-c2ccccc2)cc(-c2ccccc2)c1.Cc1cc(-c2ccccc2)ccc1-c1ccccc1.Cc1ccc(-c2ccc(-c3ccccc3)cc2)cc1.Cc1ccc(-c2cccc(-c3ccccc3)c2)cc1.Cc1ccc(-c2ccccc2)cc1.Cc1cccc(-c2ccc(-c3ccccc3)cc2)c1.Cc1cccc(-c2cccc(-c3ccccc3)c2)c1.Cc1ccccc1-c1ccccc1. The molecule has 0 aliphatic rings. The van der Waals surface area contributed by atoms with E-state index in [2.05, 4.69) is 601 Å². The van der Waals surface area contributed by atoms with Gasteiger partial charge in [0.2, 0.25) is 0 Å². The van der Waals surface area contributed by atoms with Crippen molar-refractivity contribution in [2.45, 2.75) is 55.4 Å². The molecule has 0 radical (unpaired) electrons. The average Bonchev–Trinajstić information content (AvgIpc) is 0.838. The van der Waals surface area contributed by atoms with E-state index in [1.54, 1.807) is 0 Å². The minimum atomic E-state index is 1.26. The second-order valence-electron chi connectivity index (χ2n) is 35.2. The van der Waals surface area contributed by atoms with Gasteiger partial charge in [-0.05, 0) is 246 Å². The lowest BCUT2D eigenvalue weighted by Crippen LogP contribution is -1.85. The molecule has 0 spiro atoms. The Balaban J connectivity index is 0.000000121. The topological polar surface area (TPSA) is 0 Å². The van der Waals surface area contributed by atoms with Crippen LogP contribution in [0.4, 0.5) is 0 Å². The van der Waals surface area contributed by atoms with Crippen LogP contribution in [-0.4, -0.2) is 0 Å². The number of benzene rings is 22. The van der Waals surface area contributed by atoms with Crippen molar-refractivity contribution in [3.63, 3.8) is 0 Å². The third-order valence-electron chi connectivity index (χ3n) is 24.5.